The van der Waals surface area contributed by atoms with Crippen LogP contribution >= 0.6 is 11.6 Å². The van der Waals surface area contributed by atoms with Gasteiger partial charge in [-0.15, -0.1) is 13.2 Å². The summed E-state index contributed by atoms with van der Waals surface area (Å²) in [5.41, 5.74) is -1.10. The molecule has 12 heteroatoms. The lowest BCUT2D eigenvalue weighted by atomic mass is 10.1. The van der Waals surface area contributed by atoms with Crippen LogP contribution in [0.25, 0.3) is 0 Å². The van der Waals surface area contributed by atoms with Crippen LogP contribution in [0.2, 0.25) is 5.02 Å². The number of carboxylic acids is 2. The summed E-state index contributed by atoms with van der Waals surface area (Å²) in [5.74, 6) is -4.78. The molecule has 0 saturated heterocycles. The first-order valence-corrected chi connectivity index (χ1v) is 8.51. The summed E-state index contributed by atoms with van der Waals surface area (Å²) >= 11 is 5.64. The Morgan fingerprint density at radius 2 is 1.86 bits per heavy atom. The highest BCUT2D eigenvalue weighted by Gasteiger charge is 2.37. The number of carbonyl (C=O) groups excluding carboxylic acids is 1. The maximum atomic E-state index is 12.5. The van der Waals surface area contributed by atoms with Crippen molar-refractivity contribution in [2.24, 2.45) is 0 Å². The van der Waals surface area contributed by atoms with Gasteiger partial charge < -0.3 is 14.9 Å². The minimum absolute atomic E-state index is 0.0370. The molecular weight excluding hydrogens is 421 g/mol. The van der Waals surface area contributed by atoms with Gasteiger partial charge in [0, 0.05) is 11.1 Å². The van der Waals surface area contributed by atoms with Crippen molar-refractivity contribution < 1.29 is 42.5 Å². The molecule has 1 fully saturated rings. The second-order valence-corrected chi connectivity index (χ2v) is 6.68. The molecule has 0 aliphatic heterocycles. The van der Waals surface area contributed by atoms with Crippen molar-refractivity contribution in [1.29, 1.82) is 0 Å². The molecular formula is C17H12ClF3N2O6. The Morgan fingerprint density at radius 1 is 1.21 bits per heavy atom. The SMILES string of the molecule is O=C(Cn1nc(C(=O)O)c(C2CC2)c1C(=O)O)c1ccc(Cl)c(OC(F)(F)F)c1. The number of aromatic carboxylic acids is 2. The van der Waals surface area contributed by atoms with Crippen LogP contribution in [0.4, 0.5) is 13.2 Å². The average molecular weight is 433 g/mol. The number of carboxylic acid groups (broad SMARTS) is 2. The highest BCUT2D eigenvalue weighted by atomic mass is 35.5. The number of ether oxygens (including phenoxy) is 1. The summed E-state index contributed by atoms with van der Waals surface area (Å²) in [5, 5.41) is 22.1. The molecule has 0 atom stereocenters. The number of nitrogens with zero attached hydrogens (tertiary/aromatic N) is 2. The topological polar surface area (TPSA) is 119 Å². The van der Waals surface area contributed by atoms with E-state index in [9.17, 15) is 37.8 Å². The van der Waals surface area contributed by atoms with Crippen molar-refractivity contribution in [2.75, 3.05) is 0 Å². The number of alkyl halides is 3. The molecule has 0 radical (unpaired) electrons. The van der Waals surface area contributed by atoms with Crippen LogP contribution in [-0.4, -0.2) is 44.1 Å². The second kappa shape index (κ2) is 7.39. The molecule has 0 spiro atoms. The normalized spacial score (nSPS) is 13.9. The predicted octanol–water partition coefficient (Wildman–Crippen LogP) is 3.59. The van der Waals surface area contributed by atoms with Crippen molar-refractivity contribution in [3.05, 3.63) is 45.7 Å². The van der Waals surface area contributed by atoms with E-state index in [1.807, 2.05) is 0 Å². The lowest BCUT2D eigenvalue weighted by Gasteiger charge is -2.12. The van der Waals surface area contributed by atoms with Gasteiger partial charge in [0.15, 0.2) is 17.2 Å². The first kappa shape index (κ1) is 20.6. The van der Waals surface area contributed by atoms with Crippen LogP contribution in [0, 0.1) is 0 Å². The Morgan fingerprint density at radius 3 is 2.38 bits per heavy atom. The summed E-state index contributed by atoms with van der Waals surface area (Å²) in [4.78, 5) is 35.6. The number of halogens is 4. The quantitative estimate of drug-likeness (QED) is 0.642. The van der Waals surface area contributed by atoms with Crippen molar-refractivity contribution in [3.63, 3.8) is 0 Å². The Bertz CT molecular complexity index is 1010. The van der Waals surface area contributed by atoms with E-state index >= 15 is 0 Å². The molecule has 1 aliphatic rings. The standard InChI is InChI=1S/C17H12ClF3N2O6/c18-9-4-3-8(5-11(9)29-17(19,20)21)10(24)6-23-14(16(27)28)12(7-1-2-7)13(22-23)15(25)26/h3-5,7H,1-2,6H2,(H,25,26)(H,27,28). The van der Waals surface area contributed by atoms with Gasteiger partial charge in [0.2, 0.25) is 0 Å². The van der Waals surface area contributed by atoms with Gasteiger partial charge in [0.05, 0.1) is 5.02 Å². The van der Waals surface area contributed by atoms with E-state index in [-0.39, 0.29) is 22.1 Å². The van der Waals surface area contributed by atoms with Gasteiger partial charge in [-0.3, -0.25) is 4.79 Å². The minimum atomic E-state index is -5.03. The zero-order valence-corrected chi connectivity index (χ0v) is 15.1. The summed E-state index contributed by atoms with van der Waals surface area (Å²) in [6, 6.07) is 2.93. The van der Waals surface area contributed by atoms with E-state index in [1.165, 1.54) is 0 Å². The number of rotatable bonds is 7. The third-order valence-electron chi connectivity index (χ3n) is 4.15. The van der Waals surface area contributed by atoms with Crippen LogP contribution < -0.4 is 4.74 Å². The third kappa shape index (κ3) is 4.50. The Kier molecular flexibility index (Phi) is 5.26. The van der Waals surface area contributed by atoms with Crippen molar-refractivity contribution >= 4 is 29.3 Å². The van der Waals surface area contributed by atoms with Gasteiger partial charge in [-0.1, -0.05) is 11.6 Å². The molecule has 8 nitrogen and oxygen atoms in total. The second-order valence-electron chi connectivity index (χ2n) is 6.27. The maximum absolute atomic E-state index is 12.5. The van der Waals surface area contributed by atoms with E-state index in [0.717, 1.165) is 22.9 Å². The Labute approximate surface area is 165 Å². The van der Waals surface area contributed by atoms with Gasteiger partial charge in [-0.05, 0) is 37.0 Å². The monoisotopic (exact) mass is 432 g/mol. The first-order valence-electron chi connectivity index (χ1n) is 8.13. The van der Waals surface area contributed by atoms with E-state index in [0.29, 0.717) is 12.8 Å². The van der Waals surface area contributed by atoms with Crippen LogP contribution in [-0.2, 0) is 6.54 Å². The lowest BCUT2D eigenvalue weighted by molar-refractivity contribution is -0.274. The fourth-order valence-electron chi connectivity index (χ4n) is 2.84. The van der Waals surface area contributed by atoms with E-state index in [2.05, 4.69) is 9.84 Å². The van der Waals surface area contributed by atoms with Gasteiger partial charge >= 0.3 is 18.3 Å². The van der Waals surface area contributed by atoms with Crippen LogP contribution in [0.5, 0.6) is 5.75 Å². The zero-order valence-electron chi connectivity index (χ0n) is 14.4. The smallest absolute Gasteiger partial charge is 0.477 e. The molecule has 1 aliphatic carbocycles. The maximum Gasteiger partial charge on any atom is 0.573 e. The number of benzene rings is 1. The van der Waals surface area contributed by atoms with Crippen LogP contribution in [0.15, 0.2) is 18.2 Å². The fraction of sp³-hybridized carbons (Fsp3) is 0.294. The fourth-order valence-corrected chi connectivity index (χ4v) is 3.00. The molecule has 0 bridgehead atoms. The molecule has 1 aromatic heterocycles. The summed E-state index contributed by atoms with van der Waals surface area (Å²) in [6.07, 6.45) is -3.84. The van der Waals surface area contributed by atoms with Gasteiger partial charge in [0.25, 0.3) is 0 Å². The largest absolute Gasteiger partial charge is 0.573 e. The molecule has 29 heavy (non-hydrogen) atoms. The van der Waals surface area contributed by atoms with Gasteiger partial charge in [-0.2, -0.15) is 5.10 Å². The first-order chi connectivity index (χ1) is 13.5. The van der Waals surface area contributed by atoms with Gasteiger partial charge in [0.1, 0.15) is 12.3 Å². The Balaban J connectivity index is 1.95. The van der Waals surface area contributed by atoms with E-state index in [1.54, 1.807) is 0 Å². The van der Waals surface area contributed by atoms with Gasteiger partial charge in [-0.25, -0.2) is 14.3 Å². The number of carbonyl (C=O) groups is 3. The minimum Gasteiger partial charge on any atom is -0.477 e. The molecule has 2 aromatic rings. The molecule has 1 aromatic carbocycles. The number of hydrogen-bond acceptors (Lipinski definition) is 5. The number of aromatic nitrogens is 2. The van der Waals surface area contributed by atoms with Crippen LogP contribution in [0.1, 0.15) is 55.7 Å². The summed E-state index contributed by atoms with van der Waals surface area (Å²) < 4.78 is 41.8. The van der Waals surface area contributed by atoms with Crippen molar-refractivity contribution in [3.8, 4) is 5.75 Å². The molecule has 3 rings (SSSR count). The summed E-state index contributed by atoms with van der Waals surface area (Å²) in [7, 11) is 0. The molecule has 0 unspecified atom stereocenters. The molecule has 154 valence electrons. The number of hydrogen-bond donors (Lipinski definition) is 2. The molecule has 2 N–H and O–H groups in total. The van der Waals surface area contributed by atoms with Crippen molar-refractivity contribution in [1.82, 2.24) is 9.78 Å². The molecule has 0 amide bonds. The zero-order chi connectivity index (χ0) is 21.5. The van der Waals surface area contributed by atoms with E-state index in [4.69, 9.17) is 11.6 Å². The summed E-state index contributed by atoms with van der Waals surface area (Å²) in [6.45, 7) is -0.693. The predicted molar refractivity (Wildman–Crippen MR) is 90.6 cm³/mol. The molecule has 1 saturated carbocycles. The van der Waals surface area contributed by atoms with Crippen LogP contribution in [0.3, 0.4) is 0 Å². The lowest BCUT2D eigenvalue weighted by Crippen LogP contribution is -2.19. The highest BCUT2D eigenvalue weighted by Crippen LogP contribution is 2.43. The third-order valence-corrected chi connectivity index (χ3v) is 4.46. The number of Topliss-reactive ketones (excluding diaryl/α,β-unsaturated/α-hetero) is 1. The highest BCUT2D eigenvalue weighted by molar-refractivity contribution is 6.32. The Hall–Kier alpha value is -3.08. The average Bonchev–Trinajstić information content (AvgIpc) is 3.36. The van der Waals surface area contributed by atoms with Crippen molar-refractivity contribution in [2.45, 2.75) is 31.7 Å². The number of ketones is 1. The van der Waals surface area contributed by atoms with E-state index < -0.39 is 47.8 Å². The molecule has 1 heterocycles.